The molecule has 0 spiro atoms. The van der Waals surface area contributed by atoms with Gasteiger partial charge in [-0.3, -0.25) is 9.59 Å². The number of para-hydroxylation sites is 2. The van der Waals surface area contributed by atoms with Crippen LogP contribution >= 0.6 is 0 Å². The zero-order valence-corrected chi connectivity index (χ0v) is 13.3. The maximum atomic E-state index is 12.7. The molecule has 3 aromatic rings. The monoisotopic (exact) mass is 319 g/mol. The molecule has 0 saturated carbocycles. The molecular weight excluding hydrogens is 302 g/mol. The van der Waals surface area contributed by atoms with Crippen LogP contribution in [-0.4, -0.2) is 12.8 Å². The summed E-state index contributed by atoms with van der Waals surface area (Å²) in [6.07, 6.45) is 4.42. The largest absolute Gasteiger partial charge is 0.439 e. The van der Waals surface area contributed by atoms with E-state index in [1.165, 1.54) is 0 Å². The zero-order valence-electron chi connectivity index (χ0n) is 13.3. The Labute approximate surface area is 139 Å². The van der Waals surface area contributed by atoms with Crippen LogP contribution in [0.15, 0.2) is 76.0 Å². The van der Waals surface area contributed by atoms with Gasteiger partial charge in [0.1, 0.15) is 11.1 Å². The van der Waals surface area contributed by atoms with Crippen molar-refractivity contribution >= 4 is 28.8 Å². The lowest BCUT2D eigenvalue weighted by atomic mass is 10.1. The fourth-order valence-corrected chi connectivity index (χ4v) is 2.57. The summed E-state index contributed by atoms with van der Waals surface area (Å²) in [4.78, 5) is 26.1. The van der Waals surface area contributed by atoms with Gasteiger partial charge in [0.2, 0.25) is 11.3 Å². The summed E-state index contributed by atoms with van der Waals surface area (Å²) in [6, 6.07) is 16.5. The Morgan fingerprint density at radius 1 is 1.04 bits per heavy atom. The van der Waals surface area contributed by atoms with Crippen molar-refractivity contribution in [3.8, 4) is 0 Å². The number of allylic oxidation sites excluding steroid dienone is 1. The van der Waals surface area contributed by atoms with Gasteiger partial charge in [-0.15, -0.1) is 0 Å². The molecule has 0 aliphatic carbocycles. The lowest BCUT2D eigenvalue weighted by Crippen LogP contribution is -2.22. The number of benzene rings is 2. The van der Waals surface area contributed by atoms with E-state index in [2.05, 4.69) is 0 Å². The summed E-state index contributed by atoms with van der Waals surface area (Å²) in [7, 11) is 0. The average Bonchev–Trinajstić information content (AvgIpc) is 2.63. The Morgan fingerprint density at radius 3 is 2.46 bits per heavy atom. The third-order valence-electron chi connectivity index (χ3n) is 3.77. The molecule has 0 fully saturated rings. The van der Waals surface area contributed by atoms with E-state index in [0.29, 0.717) is 23.8 Å². The molecule has 0 atom stereocenters. The highest BCUT2D eigenvalue weighted by molar-refractivity contribution is 5.91. The minimum Gasteiger partial charge on any atom is -0.439 e. The van der Waals surface area contributed by atoms with Crippen LogP contribution < -0.4 is 10.3 Å². The summed E-state index contributed by atoms with van der Waals surface area (Å²) >= 11 is 0. The van der Waals surface area contributed by atoms with Crippen LogP contribution in [0.5, 0.6) is 0 Å². The van der Waals surface area contributed by atoms with Gasteiger partial charge < -0.3 is 9.32 Å². The number of hydrogen-bond acceptors (Lipinski definition) is 4. The Bertz CT molecular complexity index is 942. The summed E-state index contributed by atoms with van der Waals surface area (Å²) < 4.78 is 5.94. The van der Waals surface area contributed by atoms with E-state index >= 15 is 0 Å². The number of carbonyl (C=O) groups is 1. The van der Waals surface area contributed by atoms with E-state index in [-0.39, 0.29) is 16.9 Å². The summed E-state index contributed by atoms with van der Waals surface area (Å²) in [5, 5.41) is 0.405. The van der Waals surface area contributed by atoms with Crippen molar-refractivity contribution < 1.29 is 9.21 Å². The molecule has 0 saturated heterocycles. The van der Waals surface area contributed by atoms with Gasteiger partial charge in [0.25, 0.3) is 0 Å². The Balaban J connectivity index is 2.27. The van der Waals surface area contributed by atoms with Crippen molar-refractivity contribution in [3.05, 3.63) is 82.5 Å². The first-order chi connectivity index (χ1) is 11.8. The molecule has 1 heterocycles. The molecular formula is C20H17NO3. The number of carbonyl (C=O) groups excluding carboxylic acids is 1. The van der Waals surface area contributed by atoms with Crippen molar-refractivity contribution in [2.45, 2.75) is 6.92 Å². The molecule has 4 heteroatoms. The van der Waals surface area contributed by atoms with E-state index in [1.807, 2.05) is 54.3 Å². The quantitative estimate of drug-likeness (QED) is 0.519. The number of anilines is 2. The molecule has 0 radical (unpaired) electrons. The van der Waals surface area contributed by atoms with Gasteiger partial charge in [0.15, 0.2) is 6.29 Å². The third kappa shape index (κ3) is 2.86. The maximum absolute atomic E-state index is 12.7. The second kappa shape index (κ2) is 6.96. The molecule has 1 aromatic heterocycles. The molecule has 24 heavy (non-hydrogen) atoms. The van der Waals surface area contributed by atoms with Crippen LogP contribution in [0.1, 0.15) is 17.3 Å². The van der Waals surface area contributed by atoms with E-state index in [1.54, 1.807) is 24.3 Å². The van der Waals surface area contributed by atoms with Crippen molar-refractivity contribution in [1.29, 1.82) is 0 Å². The molecule has 3 rings (SSSR count). The Kier molecular flexibility index (Phi) is 4.57. The van der Waals surface area contributed by atoms with Crippen LogP contribution in [0.4, 0.5) is 11.6 Å². The van der Waals surface area contributed by atoms with E-state index < -0.39 is 0 Å². The van der Waals surface area contributed by atoms with Crippen LogP contribution in [0.2, 0.25) is 0 Å². The average molecular weight is 319 g/mol. The van der Waals surface area contributed by atoms with Crippen LogP contribution in [0.3, 0.4) is 0 Å². The van der Waals surface area contributed by atoms with Gasteiger partial charge in [-0.2, -0.15) is 0 Å². The molecule has 0 amide bonds. The first-order valence-electron chi connectivity index (χ1n) is 7.71. The van der Waals surface area contributed by atoms with Crippen molar-refractivity contribution in [1.82, 2.24) is 0 Å². The molecule has 0 N–H and O–H groups in total. The molecule has 4 nitrogen and oxygen atoms in total. The van der Waals surface area contributed by atoms with Crippen molar-refractivity contribution in [2.24, 2.45) is 0 Å². The molecule has 120 valence electrons. The molecule has 0 bridgehead atoms. The SMILES string of the molecule is C/C=C/CN(c1ccccc1)c1oc2ccccc2c(=O)c1C=O. The highest BCUT2D eigenvalue weighted by atomic mass is 16.4. The first-order valence-corrected chi connectivity index (χ1v) is 7.71. The van der Waals surface area contributed by atoms with Gasteiger partial charge in [0.05, 0.1) is 5.39 Å². The van der Waals surface area contributed by atoms with Gasteiger partial charge in [0, 0.05) is 12.2 Å². The summed E-state index contributed by atoms with van der Waals surface area (Å²) in [5.41, 5.74) is 1.02. The predicted octanol–water partition coefficient (Wildman–Crippen LogP) is 4.32. The number of nitrogens with zero attached hydrogens (tertiary/aromatic N) is 1. The highest BCUT2D eigenvalue weighted by Crippen LogP contribution is 2.29. The minimum atomic E-state index is -0.316. The second-order valence-corrected chi connectivity index (χ2v) is 5.28. The minimum absolute atomic E-state index is 0.0297. The summed E-state index contributed by atoms with van der Waals surface area (Å²) in [6.45, 7) is 2.41. The van der Waals surface area contributed by atoms with Crippen molar-refractivity contribution in [2.75, 3.05) is 11.4 Å². The highest BCUT2D eigenvalue weighted by Gasteiger charge is 2.20. The summed E-state index contributed by atoms with van der Waals surface area (Å²) in [5.74, 6) is 0.262. The van der Waals surface area contributed by atoms with E-state index in [4.69, 9.17) is 4.42 Å². The van der Waals surface area contributed by atoms with E-state index in [0.717, 1.165) is 5.69 Å². The van der Waals surface area contributed by atoms with Crippen LogP contribution in [-0.2, 0) is 0 Å². The van der Waals surface area contributed by atoms with Gasteiger partial charge in [-0.1, -0.05) is 42.5 Å². The fraction of sp³-hybridized carbons (Fsp3) is 0.100. The van der Waals surface area contributed by atoms with Crippen LogP contribution in [0, 0.1) is 0 Å². The molecule has 0 unspecified atom stereocenters. The zero-order chi connectivity index (χ0) is 16.9. The lowest BCUT2D eigenvalue weighted by Gasteiger charge is -2.23. The Morgan fingerprint density at radius 2 is 1.75 bits per heavy atom. The van der Waals surface area contributed by atoms with Gasteiger partial charge in [-0.05, 0) is 31.2 Å². The van der Waals surface area contributed by atoms with Gasteiger partial charge in [-0.25, -0.2) is 0 Å². The maximum Gasteiger partial charge on any atom is 0.215 e. The topological polar surface area (TPSA) is 50.5 Å². The smallest absolute Gasteiger partial charge is 0.215 e. The number of rotatable bonds is 5. The van der Waals surface area contributed by atoms with Gasteiger partial charge >= 0.3 is 0 Å². The van der Waals surface area contributed by atoms with Crippen LogP contribution in [0.25, 0.3) is 11.0 Å². The van der Waals surface area contributed by atoms with Crippen molar-refractivity contribution in [3.63, 3.8) is 0 Å². The lowest BCUT2D eigenvalue weighted by molar-refractivity contribution is 0.112. The first kappa shape index (κ1) is 15.7. The molecule has 0 aliphatic heterocycles. The van der Waals surface area contributed by atoms with E-state index in [9.17, 15) is 9.59 Å². The number of aldehydes is 1. The third-order valence-corrected chi connectivity index (χ3v) is 3.77. The predicted molar refractivity (Wildman–Crippen MR) is 96.1 cm³/mol. The number of hydrogen-bond donors (Lipinski definition) is 0. The normalized spacial score (nSPS) is 11.0. The second-order valence-electron chi connectivity index (χ2n) is 5.28. The Hall–Kier alpha value is -3.14. The molecule has 2 aromatic carbocycles. The fourth-order valence-electron chi connectivity index (χ4n) is 2.57. The number of fused-ring (bicyclic) bond motifs is 1. The molecule has 0 aliphatic rings. The standard InChI is InChI=1S/C20H17NO3/c1-2-3-13-21(15-9-5-4-6-10-15)20-17(14-22)19(23)16-11-7-8-12-18(16)24-20/h2-12,14H,13H2,1H3/b3-2+.